The van der Waals surface area contributed by atoms with Gasteiger partial charge in [-0.25, -0.2) is 20.4 Å². The molecule has 0 saturated carbocycles. The number of nitrogens with two attached hydrogens (primary N) is 1. The van der Waals surface area contributed by atoms with Crippen LogP contribution in [-0.2, 0) is 9.53 Å². The van der Waals surface area contributed by atoms with E-state index < -0.39 is 18.0 Å². The summed E-state index contributed by atoms with van der Waals surface area (Å²) in [6, 6.07) is 3.32. The Morgan fingerprint density at radius 1 is 1.38 bits per heavy atom. The topological polar surface area (TPSA) is 114 Å². The number of amides is 2. The standard InChI is InChI=1S/C16H21N3O5/c1-4-23-12-8-10(6-7-11(12)20)14-13(15(21)24-5-2)9(3)19(17)16(22)18-14/h6-8,14,20H,4-5,17H2,1-3H3,(H,18,22)/t14-/m1/s1. The van der Waals surface area contributed by atoms with Crippen molar-refractivity contribution in [3.8, 4) is 11.5 Å². The molecule has 8 heteroatoms. The minimum absolute atomic E-state index is 0.0263. The number of esters is 1. The van der Waals surface area contributed by atoms with Crippen LogP contribution in [0.5, 0.6) is 11.5 Å². The summed E-state index contributed by atoms with van der Waals surface area (Å²) >= 11 is 0. The molecule has 0 unspecified atom stereocenters. The second-order valence-electron chi connectivity index (χ2n) is 5.13. The molecule has 0 spiro atoms. The van der Waals surface area contributed by atoms with Gasteiger partial charge in [0.25, 0.3) is 0 Å². The van der Waals surface area contributed by atoms with Gasteiger partial charge in [0.05, 0.1) is 24.8 Å². The Labute approximate surface area is 139 Å². The average molecular weight is 335 g/mol. The monoisotopic (exact) mass is 335 g/mol. The number of nitrogens with zero attached hydrogens (tertiary/aromatic N) is 1. The minimum atomic E-state index is -0.754. The van der Waals surface area contributed by atoms with Gasteiger partial charge in [0.15, 0.2) is 11.5 Å². The summed E-state index contributed by atoms with van der Waals surface area (Å²) in [6.45, 7) is 5.61. The fraction of sp³-hybridized carbons (Fsp3) is 0.375. The van der Waals surface area contributed by atoms with Crippen LogP contribution in [0.1, 0.15) is 32.4 Å². The summed E-state index contributed by atoms with van der Waals surface area (Å²) < 4.78 is 10.4. The molecule has 8 nitrogen and oxygen atoms in total. The van der Waals surface area contributed by atoms with Gasteiger partial charge in [0.1, 0.15) is 0 Å². The molecule has 0 aromatic heterocycles. The Bertz CT molecular complexity index is 686. The zero-order valence-corrected chi connectivity index (χ0v) is 13.8. The van der Waals surface area contributed by atoms with Gasteiger partial charge >= 0.3 is 12.0 Å². The first-order chi connectivity index (χ1) is 11.4. The van der Waals surface area contributed by atoms with Crippen molar-refractivity contribution in [2.24, 2.45) is 5.84 Å². The molecule has 130 valence electrons. The van der Waals surface area contributed by atoms with Crippen LogP contribution < -0.4 is 15.9 Å². The first-order valence-electron chi connectivity index (χ1n) is 7.59. The summed E-state index contributed by atoms with van der Waals surface area (Å²) in [7, 11) is 0. The number of hydrogen-bond acceptors (Lipinski definition) is 6. The van der Waals surface area contributed by atoms with E-state index in [-0.39, 0.29) is 23.7 Å². The van der Waals surface area contributed by atoms with Crippen LogP contribution in [0.15, 0.2) is 29.5 Å². The molecule has 1 aliphatic heterocycles. The van der Waals surface area contributed by atoms with Crippen LogP contribution in [-0.4, -0.2) is 35.3 Å². The van der Waals surface area contributed by atoms with E-state index in [2.05, 4.69) is 5.32 Å². The molecular weight excluding hydrogens is 314 g/mol. The maximum atomic E-state index is 12.3. The Kier molecular flexibility index (Phi) is 5.30. The third kappa shape index (κ3) is 3.28. The lowest BCUT2D eigenvalue weighted by Gasteiger charge is -2.32. The molecule has 1 heterocycles. The van der Waals surface area contributed by atoms with Crippen molar-refractivity contribution in [3.63, 3.8) is 0 Å². The fourth-order valence-corrected chi connectivity index (χ4v) is 2.46. The van der Waals surface area contributed by atoms with Gasteiger partial charge in [-0.05, 0) is 38.5 Å². The van der Waals surface area contributed by atoms with Gasteiger partial charge in [-0.15, -0.1) is 0 Å². The number of carbonyl (C=O) groups excluding carboxylic acids is 2. The number of hydrazine groups is 1. The van der Waals surface area contributed by atoms with E-state index in [9.17, 15) is 14.7 Å². The Morgan fingerprint density at radius 2 is 2.08 bits per heavy atom. The fourth-order valence-electron chi connectivity index (χ4n) is 2.46. The van der Waals surface area contributed by atoms with Gasteiger partial charge < -0.3 is 19.9 Å². The van der Waals surface area contributed by atoms with E-state index >= 15 is 0 Å². The number of rotatable bonds is 5. The second kappa shape index (κ2) is 7.22. The van der Waals surface area contributed by atoms with Crippen LogP contribution in [0.3, 0.4) is 0 Å². The number of urea groups is 1. The van der Waals surface area contributed by atoms with Crippen LogP contribution in [0.25, 0.3) is 0 Å². The number of allylic oxidation sites excluding steroid dienone is 1. The van der Waals surface area contributed by atoms with Crippen molar-refractivity contribution < 1.29 is 24.2 Å². The Morgan fingerprint density at radius 3 is 2.71 bits per heavy atom. The molecule has 1 aromatic carbocycles. The molecule has 1 aromatic rings. The van der Waals surface area contributed by atoms with Gasteiger partial charge in [-0.1, -0.05) is 6.07 Å². The molecule has 0 radical (unpaired) electrons. The molecule has 0 fully saturated rings. The van der Waals surface area contributed by atoms with Gasteiger partial charge in [-0.3, -0.25) is 0 Å². The number of hydrogen-bond donors (Lipinski definition) is 3. The molecule has 2 rings (SSSR count). The summed E-state index contributed by atoms with van der Waals surface area (Å²) in [4.78, 5) is 24.3. The average Bonchev–Trinajstić information content (AvgIpc) is 2.54. The minimum Gasteiger partial charge on any atom is -0.504 e. The number of nitrogens with one attached hydrogen (secondary N) is 1. The van der Waals surface area contributed by atoms with Crippen LogP contribution in [0, 0.1) is 0 Å². The van der Waals surface area contributed by atoms with Crippen LogP contribution in [0.2, 0.25) is 0 Å². The number of benzene rings is 1. The molecule has 1 aliphatic rings. The molecule has 0 saturated heterocycles. The van der Waals surface area contributed by atoms with E-state index in [1.807, 2.05) is 0 Å². The van der Waals surface area contributed by atoms with Crippen LogP contribution >= 0.6 is 0 Å². The first-order valence-corrected chi connectivity index (χ1v) is 7.59. The van der Waals surface area contributed by atoms with Crippen molar-refractivity contribution in [2.75, 3.05) is 13.2 Å². The number of carbonyl (C=O) groups is 2. The van der Waals surface area contributed by atoms with Crippen molar-refractivity contribution >= 4 is 12.0 Å². The maximum Gasteiger partial charge on any atom is 0.338 e. The van der Waals surface area contributed by atoms with Gasteiger partial charge in [-0.2, -0.15) is 0 Å². The molecule has 0 aliphatic carbocycles. The summed E-state index contributed by atoms with van der Waals surface area (Å²) in [5, 5.41) is 13.4. The van der Waals surface area contributed by atoms with Crippen molar-refractivity contribution in [1.82, 2.24) is 10.3 Å². The maximum absolute atomic E-state index is 12.3. The number of phenolic OH excluding ortho intramolecular Hbond substituents is 1. The van der Waals surface area contributed by atoms with E-state index in [4.69, 9.17) is 15.3 Å². The van der Waals surface area contributed by atoms with E-state index in [1.165, 1.54) is 6.07 Å². The Balaban J connectivity index is 2.51. The zero-order valence-electron chi connectivity index (χ0n) is 13.8. The molecule has 1 atom stereocenters. The van der Waals surface area contributed by atoms with E-state index in [0.717, 1.165) is 5.01 Å². The van der Waals surface area contributed by atoms with E-state index in [0.29, 0.717) is 17.9 Å². The normalized spacial score (nSPS) is 17.6. The summed E-state index contributed by atoms with van der Waals surface area (Å²) in [6.07, 6.45) is 0. The number of ether oxygens (including phenoxy) is 2. The lowest BCUT2D eigenvalue weighted by molar-refractivity contribution is -0.139. The van der Waals surface area contributed by atoms with Crippen molar-refractivity contribution in [1.29, 1.82) is 0 Å². The molecule has 0 bridgehead atoms. The first kappa shape index (κ1) is 17.6. The predicted molar refractivity (Wildman–Crippen MR) is 85.9 cm³/mol. The third-order valence-electron chi connectivity index (χ3n) is 3.64. The highest BCUT2D eigenvalue weighted by molar-refractivity contribution is 5.94. The lowest BCUT2D eigenvalue weighted by Crippen LogP contribution is -2.51. The number of aromatic hydroxyl groups is 1. The summed E-state index contributed by atoms with van der Waals surface area (Å²) in [5.74, 6) is 5.35. The second-order valence-corrected chi connectivity index (χ2v) is 5.13. The molecule has 4 N–H and O–H groups in total. The van der Waals surface area contributed by atoms with Crippen molar-refractivity contribution in [3.05, 3.63) is 35.0 Å². The molecule has 24 heavy (non-hydrogen) atoms. The quantitative estimate of drug-likeness (QED) is 0.427. The van der Waals surface area contributed by atoms with Crippen molar-refractivity contribution in [2.45, 2.75) is 26.8 Å². The Hall–Kier alpha value is -2.74. The van der Waals surface area contributed by atoms with Crippen LogP contribution in [0.4, 0.5) is 4.79 Å². The van der Waals surface area contributed by atoms with Gasteiger partial charge in [0, 0.05) is 5.70 Å². The third-order valence-corrected chi connectivity index (χ3v) is 3.64. The van der Waals surface area contributed by atoms with E-state index in [1.54, 1.807) is 32.9 Å². The smallest absolute Gasteiger partial charge is 0.338 e. The highest BCUT2D eigenvalue weighted by atomic mass is 16.5. The highest BCUT2D eigenvalue weighted by Gasteiger charge is 2.35. The summed E-state index contributed by atoms with van der Waals surface area (Å²) in [5.41, 5.74) is 1.10. The largest absolute Gasteiger partial charge is 0.504 e. The lowest BCUT2D eigenvalue weighted by atomic mass is 9.95. The zero-order chi connectivity index (χ0) is 17.9. The molecule has 2 amide bonds. The number of phenols is 1. The molecular formula is C16H21N3O5. The van der Waals surface area contributed by atoms with Gasteiger partial charge in [0.2, 0.25) is 0 Å². The highest BCUT2D eigenvalue weighted by Crippen LogP contribution is 2.35. The SMILES string of the molecule is CCOC(=O)C1=C(C)N(N)C(=O)N[C@@H]1c1ccc(O)c(OCC)c1. The predicted octanol–water partition coefficient (Wildman–Crippen LogP) is 1.57.